The third kappa shape index (κ3) is 4.46. The van der Waals surface area contributed by atoms with Gasteiger partial charge in [0.15, 0.2) is 5.58 Å². The van der Waals surface area contributed by atoms with Gasteiger partial charge in [0.05, 0.1) is 11.1 Å². The Hall–Kier alpha value is -7.11. The second kappa shape index (κ2) is 11.2. The van der Waals surface area contributed by atoms with E-state index in [0.717, 1.165) is 88.7 Å². The average molecular weight is 669 g/mol. The summed E-state index contributed by atoms with van der Waals surface area (Å²) in [6.45, 7) is 0. The molecule has 0 aliphatic carbocycles. The molecule has 0 spiro atoms. The van der Waals surface area contributed by atoms with Crippen molar-refractivity contribution >= 4 is 82.8 Å². The number of benzene rings is 8. The van der Waals surface area contributed by atoms with Crippen LogP contribution in [0, 0.1) is 0 Å². The van der Waals surface area contributed by atoms with Crippen LogP contribution in [0.1, 0.15) is 0 Å². The highest BCUT2D eigenvalue weighted by Crippen LogP contribution is 2.46. The number of hydrogen-bond donors (Lipinski definition) is 0. The highest BCUT2D eigenvalue weighted by Gasteiger charge is 2.22. The predicted molar refractivity (Wildman–Crippen MR) is 212 cm³/mol. The summed E-state index contributed by atoms with van der Waals surface area (Å²) < 4.78 is 19.1. The Kier molecular flexibility index (Phi) is 6.18. The maximum absolute atomic E-state index is 6.46. The number of anilines is 3. The zero-order valence-electron chi connectivity index (χ0n) is 27.8. The lowest BCUT2D eigenvalue weighted by atomic mass is 10.00. The van der Waals surface area contributed by atoms with Crippen molar-refractivity contribution in [1.82, 2.24) is 4.98 Å². The van der Waals surface area contributed by atoms with Gasteiger partial charge in [0.1, 0.15) is 27.8 Å². The molecule has 244 valence electrons. The fourth-order valence-corrected chi connectivity index (χ4v) is 7.68. The van der Waals surface area contributed by atoms with Gasteiger partial charge in [-0.15, -0.1) is 0 Å². The van der Waals surface area contributed by atoms with Gasteiger partial charge in [-0.2, -0.15) is 0 Å². The highest BCUT2D eigenvalue weighted by molar-refractivity contribution is 6.15. The number of rotatable bonds is 5. The van der Waals surface area contributed by atoms with Crippen LogP contribution in [0.3, 0.4) is 0 Å². The summed E-state index contributed by atoms with van der Waals surface area (Å²) in [6, 6.07) is 58.8. The SMILES string of the molecule is c1cc(-c2ccc3ccccc3c2)cc(N(c2ccc3oc4cccc(-c5nc6ccccc6o5)c4c3c2)c2cccc3oc4ccccc4c23)c1. The first-order chi connectivity index (χ1) is 25.7. The molecule has 52 heavy (non-hydrogen) atoms. The Morgan fingerprint density at radius 1 is 0.404 bits per heavy atom. The second-order valence-corrected chi connectivity index (χ2v) is 13.1. The van der Waals surface area contributed by atoms with Crippen LogP contribution in [0.5, 0.6) is 0 Å². The van der Waals surface area contributed by atoms with E-state index in [2.05, 4.69) is 120 Å². The molecule has 3 aromatic heterocycles. The molecule has 3 heterocycles. The summed E-state index contributed by atoms with van der Waals surface area (Å²) in [4.78, 5) is 7.19. The molecule has 0 atom stereocenters. The summed E-state index contributed by atoms with van der Waals surface area (Å²) in [5.74, 6) is 0.564. The van der Waals surface area contributed by atoms with Crippen molar-refractivity contribution in [3.63, 3.8) is 0 Å². The highest BCUT2D eigenvalue weighted by atomic mass is 16.4. The normalized spacial score (nSPS) is 11.8. The maximum atomic E-state index is 6.46. The number of aromatic nitrogens is 1. The molecule has 11 rings (SSSR count). The van der Waals surface area contributed by atoms with Gasteiger partial charge in [-0.25, -0.2) is 4.98 Å². The van der Waals surface area contributed by atoms with Gasteiger partial charge in [-0.1, -0.05) is 91.0 Å². The summed E-state index contributed by atoms with van der Waals surface area (Å²) in [5, 5.41) is 6.49. The molecule has 8 aromatic carbocycles. The van der Waals surface area contributed by atoms with Crippen LogP contribution < -0.4 is 4.90 Å². The standard InChI is InChI=1S/C47H28N2O3/c1-2-11-30-26-32(23-22-29(30)10-1)31-12-7-13-33(27-31)49(39-17-9-21-44-46(39)35-14-3-5-18-40(35)50-44)34-24-25-41-37(28-34)45-36(15-8-20-43(45)51-41)47-48-38-16-4-6-19-42(38)52-47/h1-28H. The maximum Gasteiger partial charge on any atom is 0.228 e. The third-order valence-corrected chi connectivity index (χ3v) is 10.1. The van der Waals surface area contributed by atoms with E-state index in [1.165, 1.54) is 10.8 Å². The molecular formula is C47H28N2O3. The second-order valence-electron chi connectivity index (χ2n) is 13.1. The van der Waals surface area contributed by atoms with E-state index in [-0.39, 0.29) is 0 Å². The van der Waals surface area contributed by atoms with E-state index in [4.69, 9.17) is 18.2 Å². The fraction of sp³-hybridized carbons (Fsp3) is 0. The van der Waals surface area contributed by atoms with E-state index in [1.54, 1.807) is 0 Å². The molecule has 0 fully saturated rings. The minimum absolute atomic E-state index is 0.564. The van der Waals surface area contributed by atoms with Crippen molar-refractivity contribution in [2.45, 2.75) is 0 Å². The molecule has 0 amide bonds. The van der Waals surface area contributed by atoms with E-state index in [1.807, 2.05) is 54.6 Å². The Bertz CT molecular complexity index is 3130. The molecule has 0 radical (unpaired) electrons. The van der Waals surface area contributed by atoms with Crippen LogP contribution in [0.2, 0.25) is 0 Å². The van der Waals surface area contributed by atoms with Crippen molar-refractivity contribution in [2.24, 2.45) is 0 Å². The third-order valence-electron chi connectivity index (χ3n) is 10.1. The van der Waals surface area contributed by atoms with Gasteiger partial charge in [0.25, 0.3) is 0 Å². The van der Waals surface area contributed by atoms with Gasteiger partial charge in [0, 0.05) is 33.1 Å². The number of hydrogen-bond acceptors (Lipinski definition) is 5. The minimum Gasteiger partial charge on any atom is -0.456 e. The molecule has 0 unspecified atom stereocenters. The van der Waals surface area contributed by atoms with E-state index < -0.39 is 0 Å². The van der Waals surface area contributed by atoms with Crippen LogP contribution in [-0.2, 0) is 0 Å². The lowest BCUT2D eigenvalue weighted by Crippen LogP contribution is -2.10. The number of furan rings is 2. The molecular weight excluding hydrogens is 641 g/mol. The van der Waals surface area contributed by atoms with Crippen molar-refractivity contribution < 1.29 is 13.3 Å². The molecule has 0 saturated carbocycles. The van der Waals surface area contributed by atoms with Crippen LogP contribution in [0.15, 0.2) is 183 Å². The number of oxazole rings is 1. The van der Waals surface area contributed by atoms with Crippen LogP contribution >= 0.6 is 0 Å². The van der Waals surface area contributed by atoms with E-state index >= 15 is 0 Å². The van der Waals surface area contributed by atoms with Crippen molar-refractivity contribution in [2.75, 3.05) is 4.90 Å². The average Bonchev–Trinajstić information content (AvgIpc) is 3.91. The van der Waals surface area contributed by atoms with Gasteiger partial charge in [-0.3, -0.25) is 0 Å². The number of para-hydroxylation sites is 3. The lowest BCUT2D eigenvalue weighted by Gasteiger charge is -2.27. The Morgan fingerprint density at radius 3 is 2.00 bits per heavy atom. The molecule has 5 heteroatoms. The van der Waals surface area contributed by atoms with Gasteiger partial charge in [0.2, 0.25) is 5.89 Å². The zero-order chi connectivity index (χ0) is 34.2. The number of nitrogens with zero attached hydrogens (tertiary/aromatic N) is 2. The summed E-state index contributed by atoms with van der Waals surface area (Å²) in [7, 11) is 0. The van der Waals surface area contributed by atoms with Crippen molar-refractivity contribution in [1.29, 1.82) is 0 Å². The summed E-state index contributed by atoms with van der Waals surface area (Å²) in [6.07, 6.45) is 0. The number of fused-ring (bicyclic) bond motifs is 8. The smallest absolute Gasteiger partial charge is 0.228 e. The van der Waals surface area contributed by atoms with Crippen molar-refractivity contribution in [3.05, 3.63) is 170 Å². The minimum atomic E-state index is 0.564. The summed E-state index contributed by atoms with van der Waals surface area (Å²) >= 11 is 0. The van der Waals surface area contributed by atoms with Gasteiger partial charge in [-0.05, 0) is 101 Å². The monoisotopic (exact) mass is 668 g/mol. The summed E-state index contributed by atoms with van der Waals surface area (Å²) in [5.41, 5.74) is 11.0. The first-order valence-corrected chi connectivity index (χ1v) is 17.4. The Labute approximate surface area is 297 Å². The lowest BCUT2D eigenvalue weighted by molar-refractivity contribution is 0.620. The molecule has 0 bridgehead atoms. The van der Waals surface area contributed by atoms with Gasteiger partial charge >= 0.3 is 0 Å². The first kappa shape index (κ1) is 28.7. The molecule has 0 N–H and O–H groups in total. The Balaban J connectivity index is 1.16. The molecule has 5 nitrogen and oxygen atoms in total. The van der Waals surface area contributed by atoms with Crippen LogP contribution in [-0.4, -0.2) is 4.98 Å². The predicted octanol–water partition coefficient (Wildman–Crippen LogP) is 13.6. The quantitative estimate of drug-likeness (QED) is 0.183. The van der Waals surface area contributed by atoms with Gasteiger partial charge < -0.3 is 18.2 Å². The van der Waals surface area contributed by atoms with Crippen LogP contribution in [0.25, 0.3) is 88.3 Å². The first-order valence-electron chi connectivity index (χ1n) is 17.4. The fourth-order valence-electron chi connectivity index (χ4n) is 7.68. The molecule has 0 aliphatic rings. The zero-order valence-corrected chi connectivity index (χ0v) is 27.8. The largest absolute Gasteiger partial charge is 0.456 e. The van der Waals surface area contributed by atoms with Crippen molar-refractivity contribution in [3.8, 4) is 22.6 Å². The van der Waals surface area contributed by atoms with E-state index in [9.17, 15) is 0 Å². The van der Waals surface area contributed by atoms with E-state index in [0.29, 0.717) is 5.89 Å². The van der Waals surface area contributed by atoms with Crippen LogP contribution in [0.4, 0.5) is 17.1 Å². The molecule has 11 aromatic rings. The topological polar surface area (TPSA) is 55.6 Å². The molecule has 0 saturated heterocycles. The molecule has 0 aliphatic heterocycles. The Morgan fingerprint density at radius 2 is 1.10 bits per heavy atom.